The van der Waals surface area contributed by atoms with Crippen LogP contribution >= 0.6 is 0 Å². The molecule has 0 aliphatic carbocycles. The quantitative estimate of drug-likeness (QED) is 0.383. The fourth-order valence-corrected chi connectivity index (χ4v) is 2.51. The zero-order valence-corrected chi connectivity index (χ0v) is 20.5. The van der Waals surface area contributed by atoms with Crippen LogP contribution in [0.1, 0.15) is 17.1 Å². The van der Waals surface area contributed by atoms with Gasteiger partial charge in [0.2, 0.25) is 12.4 Å². The van der Waals surface area contributed by atoms with E-state index in [-0.39, 0.29) is 0 Å². The van der Waals surface area contributed by atoms with Gasteiger partial charge in [0.25, 0.3) is 0 Å². The average molecular weight is 502 g/mol. The summed E-state index contributed by atoms with van der Waals surface area (Å²) >= 11 is 0. The Labute approximate surface area is 212 Å². The van der Waals surface area contributed by atoms with Crippen LogP contribution in [0.15, 0.2) is 98.0 Å². The Balaban J connectivity index is 0.000000143. The molecule has 0 aromatic carbocycles. The molecule has 188 valence electrons. The number of hydrogen-bond acceptors (Lipinski definition) is 8. The van der Waals surface area contributed by atoms with E-state index in [2.05, 4.69) is 45.9 Å². The van der Waals surface area contributed by atoms with Gasteiger partial charge in [0.1, 0.15) is 0 Å². The highest BCUT2D eigenvalue weighted by Gasteiger charge is 1.98. The first kappa shape index (κ1) is 26.4. The summed E-state index contributed by atoms with van der Waals surface area (Å²) < 4.78 is 13.5. The van der Waals surface area contributed by atoms with Crippen LogP contribution in [0.4, 0.5) is 4.48 Å². The number of hydrogen-bond donors (Lipinski definition) is 1. The summed E-state index contributed by atoms with van der Waals surface area (Å²) in [5.41, 5.74) is 2.70. The predicted molar refractivity (Wildman–Crippen MR) is 132 cm³/mol. The Hall–Kier alpha value is -5.20. The van der Waals surface area contributed by atoms with E-state index in [9.17, 15) is 4.48 Å². The maximum Gasteiger partial charge on any atom is 0.218 e. The summed E-state index contributed by atoms with van der Waals surface area (Å²) in [5, 5.41) is 25.6. The molecular weight excluding hydrogens is 475 g/mol. The third kappa shape index (κ3) is 9.52. The third-order valence-electron chi connectivity index (χ3n) is 4.17. The number of aromatic amines is 1. The summed E-state index contributed by atoms with van der Waals surface area (Å²) in [6.45, 7) is 5.67. The number of nitrogens with zero attached hydrogens (tertiary/aromatic N) is 11. The highest BCUT2D eigenvalue weighted by atomic mass is 19.2. The van der Waals surface area contributed by atoms with E-state index in [1.165, 1.54) is 17.2 Å². The van der Waals surface area contributed by atoms with Crippen molar-refractivity contribution in [1.29, 1.82) is 0 Å². The summed E-state index contributed by atoms with van der Waals surface area (Å²) in [5.74, 6) is 1.53. The van der Waals surface area contributed by atoms with E-state index < -0.39 is 0 Å². The lowest BCUT2D eigenvalue weighted by Gasteiger charge is -1.95. The van der Waals surface area contributed by atoms with Crippen LogP contribution in [0.2, 0.25) is 0 Å². The van der Waals surface area contributed by atoms with Gasteiger partial charge in [-0.3, -0.25) is 0 Å². The molecule has 0 saturated heterocycles. The predicted octanol–water partition coefficient (Wildman–Crippen LogP) is 2.76. The van der Waals surface area contributed by atoms with Crippen molar-refractivity contribution in [2.45, 2.75) is 20.8 Å². The van der Waals surface area contributed by atoms with Crippen LogP contribution in [-0.2, 0) is 0 Å². The van der Waals surface area contributed by atoms with Gasteiger partial charge < -0.3 is 0 Å². The normalized spacial score (nSPS) is 9.62. The topological polar surface area (TPSA) is 133 Å². The number of nitrogens with one attached hydrogen (secondary N) is 1. The maximum absolute atomic E-state index is 11.8. The third-order valence-corrected chi connectivity index (χ3v) is 4.17. The van der Waals surface area contributed by atoms with Gasteiger partial charge in [0.15, 0.2) is 11.6 Å². The minimum atomic E-state index is 0.500. The van der Waals surface area contributed by atoms with Gasteiger partial charge in [0, 0.05) is 29.3 Å². The lowest BCUT2D eigenvalue weighted by Crippen LogP contribution is -2.18. The molecule has 0 saturated carbocycles. The minimum Gasteiger partial charge on any atom is -0.237 e. The van der Waals surface area contributed by atoms with Gasteiger partial charge in [-0.1, -0.05) is 23.4 Å². The van der Waals surface area contributed by atoms with Crippen molar-refractivity contribution in [3.8, 4) is 11.6 Å². The largest absolute Gasteiger partial charge is 0.237 e. The van der Waals surface area contributed by atoms with Crippen LogP contribution < -0.4 is 4.79 Å². The second-order valence-electron chi connectivity index (χ2n) is 7.29. The molecule has 0 aliphatic heterocycles. The molecule has 0 unspecified atom stereocenters. The molecule has 37 heavy (non-hydrogen) atoms. The van der Waals surface area contributed by atoms with Crippen LogP contribution in [-0.4, -0.2) is 55.4 Å². The van der Waals surface area contributed by atoms with E-state index in [1.54, 1.807) is 47.7 Å². The molecule has 1 N–H and O–H groups in total. The first-order valence-corrected chi connectivity index (χ1v) is 11.1. The molecule has 0 amide bonds. The van der Waals surface area contributed by atoms with Crippen LogP contribution in [0.25, 0.3) is 11.6 Å². The zero-order chi connectivity index (χ0) is 26.3. The zero-order valence-electron chi connectivity index (χ0n) is 20.5. The summed E-state index contributed by atoms with van der Waals surface area (Å²) in [6.07, 6.45) is 11.3. The van der Waals surface area contributed by atoms with Gasteiger partial charge >= 0.3 is 0 Å². The van der Waals surface area contributed by atoms with Gasteiger partial charge in [-0.25, -0.2) is 14.6 Å². The summed E-state index contributed by atoms with van der Waals surface area (Å²) in [7, 11) is 0. The Morgan fingerprint density at radius 1 is 0.784 bits per heavy atom. The van der Waals surface area contributed by atoms with E-state index in [0.717, 1.165) is 28.7 Å². The first-order chi connectivity index (χ1) is 18.0. The van der Waals surface area contributed by atoms with Crippen LogP contribution in [0.5, 0.6) is 0 Å². The Kier molecular flexibility index (Phi) is 10.2. The van der Waals surface area contributed by atoms with Gasteiger partial charge in [-0.2, -0.15) is 25.6 Å². The van der Waals surface area contributed by atoms with Crippen molar-refractivity contribution in [3.63, 3.8) is 0 Å². The molecule has 6 aromatic rings. The number of halogens is 1. The molecule has 6 aromatic heterocycles. The summed E-state index contributed by atoms with van der Waals surface area (Å²) in [4.78, 5) is 10.2. The van der Waals surface area contributed by atoms with E-state index >= 15 is 0 Å². The molecular formula is C24H26FN12+. The standard InChI is InChI=1S/2C8H8N4.C5H5FN.C3H5N3/c1-7-6-12(11-10-7)8-4-2-3-5-9-8;1-7-6-10-12(11-7)8-4-2-3-5-9-8;6-7-4-2-1-3-5-7;1-3-2-4-6-5-3/h2*2-6H,1H3;1-5H;2H,1H3,(H,4,5,6)/q;;+1;. The fourth-order valence-electron chi connectivity index (χ4n) is 2.51. The number of H-pyrrole nitrogens is 1. The van der Waals surface area contributed by atoms with Gasteiger partial charge in [-0.15, -0.1) is 9.90 Å². The van der Waals surface area contributed by atoms with E-state index in [1.807, 2.05) is 63.4 Å². The smallest absolute Gasteiger partial charge is 0.218 e. The SMILES string of the molecule is Cc1cn(-c2ccccn2)nn1.Cc1cn[nH]n1.Cc1cnn(-c2ccccn2)n1.F[n+]1ccccc1. The van der Waals surface area contributed by atoms with Crippen molar-refractivity contribution < 1.29 is 9.27 Å². The van der Waals surface area contributed by atoms with E-state index in [0.29, 0.717) is 4.79 Å². The minimum absolute atomic E-state index is 0.500. The van der Waals surface area contributed by atoms with Crippen molar-refractivity contribution in [1.82, 2.24) is 55.4 Å². The molecule has 0 aliphatic rings. The number of aryl methyl sites for hydroxylation is 3. The van der Waals surface area contributed by atoms with E-state index in [4.69, 9.17) is 0 Å². The second kappa shape index (κ2) is 14.3. The molecule has 0 bridgehead atoms. The lowest BCUT2D eigenvalue weighted by molar-refractivity contribution is -0.843. The molecule has 12 nitrogen and oxygen atoms in total. The van der Waals surface area contributed by atoms with Crippen LogP contribution in [0, 0.1) is 20.8 Å². The Bertz CT molecular complexity index is 1330. The molecule has 0 spiro atoms. The monoisotopic (exact) mass is 501 g/mol. The fraction of sp³-hybridized carbons (Fsp3) is 0.125. The van der Waals surface area contributed by atoms with Gasteiger partial charge in [0.05, 0.1) is 40.2 Å². The molecule has 6 rings (SSSR count). The highest BCUT2D eigenvalue weighted by molar-refractivity contribution is 5.19. The van der Waals surface area contributed by atoms with Crippen molar-refractivity contribution in [2.24, 2.45) is 0 Å². The molecule has 0 radical (unpaired) electrons. The van der Waals surface area contributed by atoms with Gasteiger partial charge in [-0.05, 0) is 45.0 Å². The molecule has 13 heteroatoms. The summed E-state index contributed by atoms with van der Waals surface area (Å²) in [6, 6.07) is 16.3. The number of rotatable bonds is 2. The number of pyridine rings is 3. The molecule has 6 heterocycles. The first-order valence-electron chi connectivity index (χ1n) is 11.1. The van der Waals surface area contributed by atoms with Crippen molar-refractivity contribution >= 4 is 0 Å². The Morgan fingerprint density at radius 3 is 1.89 bits per heavy atom. The average Bonchev–Trinajstić information content (AvgIpc) is 3.70. The second-order valence-corrected chi connectivity index (χ2v) is 7.29. The van der Waals surface area contributed by atoms with Crippen LogP contribution in [0.3, 0.4) is 0 Å². The highest BCUT2D eigenvalue weighted by Crippen LogP contribution is 2.00. The number of aromatic nitrogens is 12. The Morgan fingerprint density at radius 2 is 1.49 bits per heavy atom. The molecule has 0 atom stereocenters. The maximum atomic E-state index is 11.8. The van der Waals surface area contributed by atoms with Crippen molar-refractivity contribution in [3.05, 3.63) is 115 Å². The molecule has 0 fully saturated rings. The lowest BCUT2D eigenvalue weighted by atomic mass is 10.4. The van der Waals surface area contributed by atoms with Crippen molar-refractivity contribution in [2.75, 3.05) is 0 Å².